The van der Waals surface area contributed by atoms with Crippen molar-refractivity contribution in [3.05, 3.63) is 39.3 Å². The van der Waals surface area contributed by atoms with Gasteiger partial charge in [-0.1, -0.05) is 11.6 Å². The van der Waals surface area contributed by atoms with Crippen LogP contribution in [0.15, 0.2) is 30.6 Å². The Kier molecular flexibility index (Phi) is 3.55. The summed E-state index contributed by atoms with van der Waals surface area (Å²) in [7, 11) is 3.63. The third-order valence-corrected chi connectivity index (χ3v) is 4.51. The maximum atomic E-state index is 6.00. The normalized spacial score (nSPS) is 11.0. The Balaban J connectivity index is 2.37. The Morgan fingerprint density at radius 1 is 1.35 bits per heavy atom. The molecule has 0 atom stereocenters. The van der Waals surface area contributed by atoms with Crippen LogP contribution in [0.2, 0.25) is 5.15 Å². The van der Waals surface area contributed by atoms with Gasteiger partial charge < -0.3 is 9.30 Å². The molecule has 0 aliphatic rings. The van der Waals surface area contributed by atoms with Crippen molar-refractivity contribution in [1.29, 1.82) is 0 Å². The molecule has 3 rings (SSSR count). The third kappa shape index (κ3) is 2.05. The molecule has 4 nitrogen and oxygen atoms in total. The summed E-state index contributed by atoms with van der Waals surface area (Å²) in [6, 6.07) is 5.78. The van der Waals surface area contributed by atoms with Crippen LogP contribution in [0.1, 0.15) is 0 Å². The minimum atomic E-state index is 0.491. The molecule has 20 heavy (non-hydrogen) atoms. The first kappa shape index (κ1) is 13.6. The van der Waals surface area contributed by atoms with Crippen LogP contribution in [0.25, 0.3) is 22.2 Å². The molecule has 0 radical (unpaired) electrons. The average Bonchev–Trinajstić information content (AvgIpc) is 2.70. The highest BCUT2D eigenvalue weighted by Crippen LogP contribution is 2.37. The van der Waals surface area contributed by atoms with Crippen LogP contribution in [-0.4, -0.2) is 21.6 Å². The molecule has 0 amide bonds. The number of rotatable bonds is 2. The maximum absolute atomic E-state index is 6.00. The molecule has 0 N–H and O–H groups in total. The highest BCUT2D eigenvalue weighted by molar-refractivity contribution is 14.1. The Hall–Kier alpha value is -1.34. The number of methoxy groups -OCH3 is 1. The standard InChI is InChI=1S/C14H11ClIN3O/c1-19-10-7-18-11(15)6-9(10)12(16)13(19)8-4-3-5-17-14(8)20-2/h3-7H,1-2H3. The molecule has 0 aromatic carbocycles. The zero-order chi connectivity index (χ0) is 14.3. The molecule has 102 valence electrons. The van der Waals surface area contributed by atoms with Gasteiger partial charge >= 0.3 is 0 Å². The summed E-state index contributed by atoms with van der Waals surface area (Å²) in [6.07, 6.45) is 3.50. The Morgan fingerprint density at radius 2 is 2.15 bits per heavy atom. The van der Waals surface area contributed by atoms with Gasteiger partial charge in [0.05, 0.1) is 30.1 Å². The Labute approximate surface area is 134 Å². The topological polar surface area (TPSA) is 39.9 Å². The molecule has 0 aliphatic carbocycles. The van der Waals surface area contributed by atoms with E-state index in [-0.39, 0.29) is 0 Å². The van der Waals surface area contributed by atoms with E-state index < -0.39 is 0 Å². The van der Waals surface area contributed by atoms with Gasteiger partial charge in [0.2, 0.25) is 5.88 Å². The molecule has 0 spiro atoms. The summed E-state index contributed by atoms with van der Waals surface area (Å²) in [4.78, 5) is 8.42. The number of aromatic nitrogens is 3. The predicted octanol–water partition coefficient (Wildman–Crippen LogP) is 3.90. The first-order valence-electron chi connectivity index (χ1n) is 5.92. The van der Waals surface area contributed by atoms with Crippen molar-refractivity contribution in [3.63, 3.8) is 0 Å². The zero-order valence-corrected chi connectivity index (χ0v) is 13.8. The number of hydrogen-bond acceptors (Lipinski definition) is 3. The van der Waals surface area contributed by atoms with Crippen molar-refractivity contribution in [2.45, 2.75) is 0 Å². The van der Waals surface area contributed by atoms with E-state index in [1.165, 1.54) is 0 Å². The van der Waals surface area contributed by atoms with Crippen LogP contribution in [0, 0.1) is 3.57 Å². The molecular weight excluding hydrogens is 389 g/mol. The molecule has 3 aromatic heterocycles. The Morgan fingerprint density at radius 3 is 2.90 bits per heavy atom. The Bertz CT molecular complexity index is 800. The second-order valence-electron chi connectivity index (χ2n) is 4.31. The first-order chi connectivity index (χ1) is 9.63. The molecule has 3 heterocycles. The van der Waals surface area contributed by atoms with Crippen molar-refractivity contribution in [1.82, 2.24) is 14.5 Å². The third-order valence-electron chi connectivity index (χ3n) is 3.21. The lowest BCUT2D eigenvalue weighted by atomic mass is 10.2. The number of ether oxygens (including phenoxy) is 1. The van der Waals surface area contributed by atoms with Crippen molar-refractivity contribution >= 4 is 45.1 Å². The molecule has 3 aromatic rings. The molecule has 0 fully saturated rings. The smallest absolute Gasteiger partial charge is 0.222 e. The lowest BCUT2D eigenvalue weighted by molar-refractivity contribution is 0.399. The van der Waals surface area contributed by atoms with Gasteiger partial charge in [0, 0.05) is 22.2 Å². The minimum Gasteiger partial charge on any atom is -0.481 e. The van der Waals surface area contributed by atoms with Crippen LogP contribution >= 0.6 is 34.2 Å². The fourth-order valence-electron chi connectivity index (χ4n) is 2.29. The second kappa shape index (κ2) is 5.21. The summed E-state index contributed by atoms with van der Waals surface area (Å²) in [6.45, 7) is 0. The van der Waals surface area contributed by atoms with Gasteiger partial charge in [-0.25, -0.2) is 9.97 Å². The average molecular weight is 400 g/mol. The van der Waals surface area contributed by atoms with Crippen molar-refractivity contribution in [2.24, 2.45) is 7.05 Å². The predicted molar refractivity (Wildman–Crippen MR) is 88.2 cm³/mol. The molecule has 6 heteroatoms. The number of halogens is 2. The van der Waals surface area contributed by atoms with Crippen molar-refractivity contribution in [3.8, 4) is 17.1 Å². The number of aryl methyl sites for hydroxylation is 1. The summed E-state index contributed by atoms with van der Waals surface area (Å²) < 4.78 is 8.55. The summed E-state index contributed by atoms with van der Waals surface area (Å²) >= 11 is 8.32. The maximum Gasteiger partial charge on any atom is 0.222 e. The van der Waals surface area contributed by atoms with E-state index in [0.29, 0.717) is 11.0 Å². The van der Waals surface area contributed by atoms with Crippen LogP contribution in [0.4, 0.5) is 0 Å². The van der Waals surface area contributed by atoms with Crippen LogP contribution in [0.3, 0.4) is 0 Å². The van der Waals surface area contributed by atoms with Gasteiger partial charge in [0.1, 0.15) is 5.15 Å². The zero-order valence-electron chi connectivity index (χ0n) is 10.9. The number of pyridine rings is 2. The highest BCUT2D eigenvalue weighted by atomic mass is 127. The summed E-state index contributed by atoms with van der Waals surface area (Å²) in [5.74, 6) is 0.607. The van der Waals surface area contributed by atoms with Gasteiger partial charge in [0.15, 0.2) is 0 Å². The van der Waals surface area contributed by atoms with Crippen molar-refractivity contribution < 1.29 is 4.74 Å². The van der Waals surface area contributed by atoms with Crippen molar-refractivity contribution in [2.75, 3.05) is 7.11 Å². The quantitative estimate of drug-likeness (QED) is 0.485. The van der Waals surface area contributed by atoms with E-state index in [2.05, 4.69) is 37.1 Å². The van der Waals surface area contributed by atoms with Gasteiger partial charge in [-0.3, -0.25) is 0 Å². The van der Waals surface area contributed by atoms with E-state index in [4.69, 9.17) is 16.3 Å². The van der Waals surface area contributed by atoms with Gasteiger partial charge in [-0.2, -0.15) is 0 Å². The minimum absolute atomic E-state index is 0.491. The number of fused-ring (bicyclic) bond motifs is 1. The molecule has 0 unspecified atom stereocenters. The van der Waals surface area contributed by atoms with Crippen LogP contribution in [-0.2, 0) is 7.05 Å². The number of hydrogen-bond donors (Lipinski definition) is 0. The fourth-order valence-corrected chi connectivity index (χ4v) is 3.54. The molecule has 0 bridgehead atoms. The van der Waals surface area contributed by atoms with E-state index in [9.17, 15) is 0 Å². The fraction of sp³-hybridized carbons (Fsp3) is 0.143. The van der Waals surface area contributed by atoms with E-state index in [0.717, 1.165) is 25.7 Å². The largest absolute Gasteiger partial charge is 0.481 e. The van der Waals surface area contributed by atoms with E-state index in [1.54, 1.807) is 19.5 Å². The van der Waals surface area contributed by atoms with Crippen LogP contribution < -0.4 is 4.74 Å². The molecular formula is C14H11ClIN3O. The van der Waals surface area contributed by atoms with E-state index in [1.807, 2.05) is 25.2 Å². The number of nitrogens with zero attached hydrogens (tertiary/aromatic N) is 3. The molecule has 0 saturated heterocycles. The first-order valence-corrected chi connectivity index (χ1v) is 7.38. The molecule has 0 saturated carbocycles. The lowest BCUT2D eigenvalue weighted by Crippen LogP contribution is -1.97. The monoisotopic (exact) mass is 399 g/mol. The van der Waals surface area contributed by atoms with Gasteiger partial charge in [-0.05, 0) is 40.8 Å². The van der Waals surface area contributed by atoms with E-state index >= 15 is 0 Å². The van der Waals surface area contributed by atoms with Gasteiger partial charge in [-0.15, -0.1) is 0 Å². The van der Waals surface area contributed by atoms with Crippen LogP contribution in [0.5, 0.6) is 5.88 Å². The highest BCUT2D eigenvalue weighted by Gasteiger charge is 2.18. The summed E-state index contributed by atoms with van der Waals surface area (Å²) in [5.41, 5.74) is 3.03. The molecule has 0 aliphatic heterocycles. The van der Waals surface area contributed by atoms with Gasteiger partial charge in [0.25, 0.3) is 0 Å². The second-order valence-corrected chi connectivity index (χ2v) is 5.77. The lowest BCUT2D eigenvalue weighted by Gasteiger charge is -2.09. The SMILES string of the molecule is COc1ncccc1-c1c(I)c2cc(Cl)ncc2n1C. The summed E-state index contributed by atoms with van der Waals surface area (Å²) in [5, 5.41) is 1.57.